The molecule has 1 saturated heterocycles. The molecule has 0 saturated carbocycles. The number of piperazine rings is 1. The van der Waals surface area contributed by atoms with Crippen molar-refractivity contribution in [2.75, 3.05) is 32.7 Å². The van der Waals surface area contributed by atoms with Crippen molar-refractivity contribution >= 4 is 18.0 Å². The summed E-state index contributed by atoms with van der Waals surface area (Å²) in [5.74, 6) is 2.07. The fourth-order valence-electron chi connectivity index (χ4n) is 3.86. The van der Waals surface area contributed by atoms with Gasteiger partial charge in [-0.25, -0.2) is 9.38 Å². The Labute approximate surface area is 167 Å². The SMILES string of the molecule is CC(C)C1=NCC(N2CCN(C(C)CCCc3ccc(C=O)c(F)c3)CC2)=N1. The van der Waals surface area contributed by atoms with Gasteiger partial charge in [-0.15, -0.1) is 0 Å². The molecule has 0 radical (unpaired) electrons. The number of aryl methyl sites for hydroxylation is 1. The van der Waals surface area contributed by atoms with Crippen molar-refractivity contribution in [3.63, 3.8) is 0 Å². The molecule has 0 amide bonds. The molecule has 2 aliphatic heterocycles. The Morgan fingerprint density at radius 1 is 1.18 bits per heavy atom. The second kappa shape index (κ2) is 9.41. The van der Waals surface area contributed by atoms with Gasteiger partial charge in [0, 0.05) is 38.1 Å². The molecule has 6 heteroatoms. The molecule has 1 unspecified atom stereocenters. The van der Waals surface area contributed by atoms with Gasteiger partial charge in [-0.2, -0.15) is 0 Å². The van der Waals surface area contributed by atoms with Crippen LogP contribution in [-0.4, -0.2) is 66.5 Å². The number of rotatable bonds is 7. The highest BCUT2D eigenvalue weighted by atomic mass is 19.1. The van der Waals surface area contributed by atoms with E-state index in [1.54, 1.807) is 6.07 Å². The lowest BCUT2D eigenvalue weighted by Gasteiger charge is -2.39. The van der Waals surface area contributed by atoms with Crippen LogP contribution in [0, 0.1) is 11.7 Å². The number of aliphatic imine (C=N–C) groups is 2. The predicted molar refractivity (Wildman–Crippen MR) is 112 cm³/mol. The van der Waals surface area contributed by atoms with Gasteiger partial charge >= 0.3 is 0 Å². The van der Waals surface area contributed by atoms with Crippen molar-refractivity contribution in [2.45, 2.75) is 46.1 Å². The first-order chi connectivity index (χ1) is 13.5. The zero-order chi connectivity index (χ0) is 20.1. The molecule has 2 heterocycles. The molecule has 0 spiro atoms. The molecule has 1 aromatic carbocycles. The van der Waals surface area contributed by atoms with Gasteiger partial charge in [0.2, 0.25) is 0 Å². The Morgan fingerprint density at radius 2 is 1.93 bits per heavy atom. The predicted octanol–water partition coefficient (Wildman–Crippen LogP) is 3.43. The Hall–Kier alpha value is -2.08. The lowest BCUT2D eigenvalue weighted by atomic mass is 10.0. The van der Waals surface area contributed by atoms with E-state index >= 15 is 0 Å². The van der Waals surface area contributed by atoms with Crippen LogP contribution in [0.2, 0.25) is 0 Å². The molecule has 1 fully saturated rings. The smallest absolute Gasteiger partial charge is 0.152 e. The minimum Gasteiger partial charge on any atom is -0.356 e. The van der Waals surface area contributed by atoms with Gasteiger partial charge in [-0.3, -0.25) is 14.7 Å². The number of hydrogen-bond donors (Lipinski definition) is 0. The molecule has 1 atom stereocenters. The van der Waals surface area contributed by atoms with Crippen LogP contribution in [-0.2, 0) is 6.42 Å². The zero-order valence-electron chi connectivity index (χ0n) is 17.2. The minimum absolute atomic E-state index is 0.132. The number of aldehydes is 1. The monoisotopic (exact) mass is 386 g/mol. The third-order valence-electron chi connectivity index (χ3n) is 5.72. The number of carbonyl (C=O) groups is 1. The van der Waals surface area contributed by atoms with E-state index in [4.69, 9.17) is 4.99 Å². The average Bonchev–Trinajstić information content (AvgIpc) is 3.19. The number of benzene rings is 1. The van der Waals surface area contributed by atoms with Crippen LogP contribution in [0.1, 0.15) is 49.5 Å². The Bertz CT molecular complexity index is 751. The maximum absolute atomic E-state index is 13.7. The van der Waals surface area contributed by atoms with Crippen molar-refractivity contribution in [3.05, 3.63) is 35.1 Å². The summed E-state index contributed by atoms with van der Waals surface area (Å²) in [5.41, 5.74) is 1.09. The van der Waals surface area contributed by atoms with Crippen molar-refractivity contribution in [3.8, 4) is 0 Å². The lowest BCUT2D eigenvalue weighted by molar-refractivity contribution is 0.112. The van der Waals surface area contributed by atoms with E-state index in [0.717, 1.165) is 69.2 Å². The van der Waals surface area contributed by atoms with Crippen LogP contribution < -0.4 is 0 Å². The summed E-state index contributed by atoms with van der Waals surface area (Å²) in [6.45, 7) is 11.4. The van der Waals surface area contributed by atoms with E-state index < -0.39 is 5.82 Å². The van der Waals surface area contributed by atoms with Crippen LogP contribution in [0.25, 0.3) is 0 Å². The highest BCUT2D eigenvalue weighted by Crippen LogP contribution is 2.16. The average molecular weight is 387 g/mol. The summed E-state index contributed by atoms with van der Waals surface area (Å²) in [6.07, 6.45) is 3.50. The second-order valence-electron chi connectivity index (χ2n) is 8.10. The standard InChI is InChI=1S/C22H31FN4O/c1-16(2)22-24-14-21(25-22)27-11-9-26(10-12-27)17(3)5-4-6-18-7-8-19(15-28)20(23)13-18/h7-8,13,15-17H,4-6,9-12,14H2,1-3H3. The van der Waals surface area contributed by atoms with Crippen LogP contribution in [0.5, 0.6) is 0 Å². The molecule has 0 bridgehead atoms. The first-order valence-electron chi connectivity index (χ1n) is 10.3. The third-order valence-corrected chi connectivity index (χ3v) is 5.72. The van der Waals surface area contributed by atoms with E-state index in [0.29, 0.717) is 18.2 Å². The summed E-state index contributed by atoms with van der Waals surface area (Å²) >= 11 is 0. The second-order valence-corrected chi connectivity index (χ2v) is 8.10. The number of amidine groups is 2. The van der Waals surface area contributed by atoms with Gasteiger partial charge < -0.3 is 4.90 Å². The normalized spacial score (nSPS) is 19.0. The van der Waals surface area contributed by atoms with Crippen molar-refractivity contribution in [1.82, 2.24) is 9.80 Å². The quantitative estimate of drug-likeness (QED) is 0.675. The molecule has 28 heavy (non-hydrogen) atoms. The molecule has 0 aliphatic carbocycles. The topological polar surface area (TPSA) is 48.3 Å². The lowest BCUT2D eigenvalue weighted by Crippen LogP contribution is -2.51. The van der Waals surface area contributed by atoms with Crippen LogP contribution in [0.15, 0.2) is 28.2 Å². The van der Waals surface area contributed by atoms with E-state index in [9.17, 15) is 9.18 Å². The third kappa shape index (κ3) is 5.04. The Kier molecular flexibility index (Phi) is 6.94. The van der Waals surface area contributed by atoms with E-state index in [1.807, 2.05) is 6.07 Å². The fraction of sp³-hybridized carbons (Fsp3) is 0.591. The highest BCUT2D eigenvalue weighted by molar-refractivity contribution is 6.03. The molecular formula is C22H31FN4O. The maximum atomic E-state index is 13.7. The van der Waals surface area contributed by atoms with Crippen molar-refractivity contribution in [1.29, 1.82) is 0 Å². The molecule has 5 nitrogen and oxygen atoms in total. The summed E-state index contributed by atoms with van der Waals surface area (Å²) < 4.78 is 13.7. The van der Waals surface area contributed by atoms with Gasteiger partial charge in [0.15, 0.2) is 6.29 Å². The summed E-state index contributed by atoms with van der Waals surface area (Å²) in [4.78, 5) is 24.9. The van der Waals surface area contributed by atoms with Crippen LogP contribution >= 0.6 is 0 Å². The zero-order valence-corrected chi connectivity index (χ0v) is 17.2. The molecular weight excluding hydrogens is 355 g/mol. The maximum Gasteiger partial charge on any atom is 0.152 e. The van der Waals surface area contributed by atoms with Gasteiger partial charge in [-0.05, 0) is 43.9 Å². The molecule has 152 valence electrons. The van der Waals surface area contributed by atoms with Gasteiger partial charge in [0.25, 0.3) is 0 Å². The number of carbonyl (C=O) groups excluding carboxylic acids is 1. The van der Waals surface area contributed by atoms with Crippen molar-refractivity contribution < 1.29 is 9.18 Å². The molecule has 1 aromatic rings. The molecule has 0 aromatic heterocycles. The number of nitrogens with zero attached hydrogens (tertiary/aromatic N) is 4. The molecule has 3 rings (SSSR count). The number of hydrogen-bond acceptors (Lipinski definition) is 5. The van der Waals surface area contributed by atoms with Crippen LogP contribution in [0.3, 0.4) is 0 Å². The molecule has 0 N–H and O–H groups in total. The van der Waals surface area contributed by atoms with Gasteiger partial charge in [-0.1, -0.05) is 19.9 Å². The minimum atomic E-state index is -0.420. The number of halogens is 1. The van der Waals surface area contributed by atoms with Crippen molar-refractivity contribution in [2.24, 2.45) is 15.9 Å². The fourth-order valence-corrected chi connectivity index (χ4v) is 3.86. The first-order valence-corrected chi connectivity index (χ1v) is 10.3. The largest absolute Gasteiger partial charge is 0.356 e. The Morgan fingerprint density at radius 3 is 2.54 bits per heavy atom. The van der Waals surface area contributed by atoms with E-state index in [2.05, 4.69) is 35.6 Å². The first kappa shape index (κ1) is 20.6. The Balaban J connectivity index is 1.41. The summed E-state index contributed by atoms with van der Waals surface area (Å²) in [6, 6.07) is 5.42. The van der Waals surface area contributed by atoms with E-state index in [-0.39, 0.29) is 5.56 Å². The summed E-state index contributed by atoms with van der Waals surface area (Å²) in [7, 11) is 0. The van der Waals surface area contributed by atoms with E-state index in [1.165, 1.54) is 6.07 Å². The van der Waals surface area contributed by atoms with Gasteiger partial charge in [0.1, 0.15) is 17.5 Å². The molecule has 2 aliphatic rings. The van der Waals surface area contributed by atoms with Crippen LogP contribution in [0.4, 0.5) is 4.39 Å². The van der Waals surface area contributed by atoms with Gasteiger partial charge in [0.05, 0.1) is 12.1 Å². The summed E-state index contributed by atoms with van der Waals surface area (Å²) in [5, 5.41) is 0. The highest BCUT2D eigenvalue weighted by Gasteiger charge is 2.25.